The standard InChI is InChI=1S/C12H11NO6/c1-19-11(14)4-2-3-8-5-6-9(12(15)16)7-10(8)13(17)18/h2-3,5-7H,4H2,1H3,(H,15,16). The summed E-state index contributed by atoms with van der Waals surface area (Å²) >= 11 is 0. The molecule has 7 heteroatoms. The maximum absolute atomic E-state index is 10.9. The molecule has 0 aliphatic heterocycles. The first kappa shape index (κ1) is 14.4. The number of aromatic carboxylic acids is 1. The summed E-state index contributed by atoms with van der Waals surface area (Å²) in [4.78, 5) is 31.8. The van der Waals surface area contributed by atoms with E-state index in [1.807, 2.05) is 0 Å². The van der Waals surface area contributed by atoms with Crippen molar-refractivity contribution >= 4 is 23.7 Å². The number of carbonyl (C=O) groups excluding carboxylic acids is 1. The van der Waals surface area contributed by atoms with E-state index in [4.69, 9.17) is 5.11 Å². The number of hydrogen-bond acceptors (Lipinski definition) is 5. The Balaban J connectivity index is 3.04. The van der Waals surface area contributed by atoms with Gasteiger partial charge in [0.2, 0.25) is 0 Å². The summed E-state index contributed by atoms with van der Waals surface area (Å²) in [7, 11) is 1.24. The Morgan fingerprint density at radius 1 is 1.47 bits per heavy atom. The second kappa shape index (κ2) is 6.29. The maximum atomic E-state index is 10.9. The minimum absolute atomic E-state index is 0.0195. The highest BCUT2D eigenvalue weighted by atomic mass is 16.6. The van der Waals surface area contributed by atoms with Crippen molar-refractivity contribution in [2.24, 2.45) is 0 Å². The number of nitrogens with zero attached hydrogens (tertiary/aromatic N) is 1. The van der Waals surface area contributed by atoms with E-state index in [1.54, 1.807) is 0 Å². The van der Waals surface area contributed by atoms with E-state index in [-0.39, 0.29) is 23.2 Å². The predicted molar refractivity (Wildman–Crippen MR) is 65.7 cm³/mol. The van der Waals surface area contributed by atoms with E-state index in [0.29, 0.717) is 0 Å². The number of ether oxygens (including phenoxy) is 1. The highest BCUT2D eigenvalue weighted by molar-refractivity contribution is 5.89. The Bertz CT molecular complexity index is 549. The lowest BCUT2D eigenvalue weighted by molar-refractivity contribution is -0.385. The maximum Gasteiger partial charge on any atom is 0.335 e. The molecule has 1 N–H and O–H groups in total. The zero-order valence-electron chi connectivity index (χ0n) is 10.0. The molecule has 0 radical (unpaired) electrons. The molecule has 0 unspecified atom stereocenters. The van der Waals surface area contributed by atoms with Crippen LogP contribution in [-0.2, 0) is 9.53 Å². The zero-order valence-corrected chi connectivity index (χ0v) is 10.0. The average molecular weight is 265 g/mol. The molecule has 19 heavy (non-hydrogen) atoms. The molecule has 0 spiro atoms. The molecule has 100 valence electrons. The van der Waals surface area contributed by atoms with Gasteiger partial charge in [-0.05, 0) is 12.1 Å². The summed E-state index contributed by atoms with van der Waals surface area (Å²) in [5.41, 5.74) is -0.281. The van der Waals surface area contributed by atoms with E-state index >= 15 is 0 Å². The number of carboxylic acids is 1. The Morgan fingerprint density at radius 3 is 2.68 bits per heavy atom. The number of methoxy groups -OCH3 is 1. The van der Waals surface area contributed by atoms with E-state index in [1.165, 1.54) is 31.4 Å². The molecule has 0 bridgehead atoms. The molecule has 1 aromatic rings. The zero-order chi connectivity index (χ0) is 14.4. The molecule has 0 saturated heterocycles. The van der Waals surface area contributed by atoms with Crippen LogP contribution in [0.25, 0.3) is 6.08 Å². The molecule has 7 nitrogen and oxygen atoms in total. The largest absolute Gasteiger partial charge is 0.478 e. The molecule has 0 aliphatic rings. The number of rotatable bonds is 5. The van der Waals surface area contributed by atoms with E-state index < -0.39 is 16.9 Å². The van der Waals surface area contributed by atoms with Crippen LogP contribution in [0.2, 0.25) is 0 Å². The lowest BCUT2D eigenvalue weighted by Crippen LogP contribution is -2.00. The minimum Gasteiger partial charge on any atom is -0.478 e. The third-order valence-corrected chi connectivity index (χ3v) is 2.28. The smallest absolute Gasteiger partial charge is 0.335 e. The van der Waals surface area contributed by atoms with Crippen LogP contribution < -0.4 is 0 Å². The number of nitro groups is 1. The quantitative estimate of drug-likeness (QED) is 0.494. The van der Waals surface area contributed by atoms with E-state index in [0.717, 1.165) is 6.07 Å². The number of benzene rings is 1. The molecule has 0 amide bonds. The molecule has 0 saturated carbocycles. The molecular formula is C12H11NO6. The van der Waals surface area contributed by atoms with Crippen LogP contribution >= 0.6 is 0 Å². The SMILES string of the molecule is COC(=O)CC=Cc1ccc(C(=O)O)cc1[N+](=O)[O-]. The third kappa shape index (κ3) is 3.91. The van der Waals surface area contributed by atoms with Crippen LogP contribution in [0.15, 0.2) is 24.3 Å². The molecule has 1 aromatic carbocycles. The van der Waals surface area contributed by atoms with Crippen LogP contribution in [0.3, 0.4) is 0 Å². The summed E-state index contributed by atoms with van der Waals surface area (Å²) in [5, 5.41) is 19.6. The first-order valence-corrected chi connectivity index (χ1v) is 5.20. The van der Waals surface area contributed by atoms with Crippen molar-refractivity contribution in [2.75, 3.05) is 7.11 Å². The van der Waals surface area contributed by atoms with Gasteiger partial charge in [0.15, 0.2) is 0 Å². The fraction of sp³-hybridized carbons (Fsp3) is 0.167. The van der Waals surface area contributed by atoms with E-state index in [2.05, 4.69) is 4.74 Å². The van der Waals surface area contributed by atoms with Gasteiger partial charge in [0.25, 0.3) is 5.69 Å². The van der Waals surface area contributed by atoms with Crippen molar-refractivity contribution in [2.45, 2.75) is 6.42 Å². The van der Waals surface area contributed by atoms with Crippen LogP contribution in [-0.4, -0.2) is 29.1 Å². The Hall–Kier alpha value is -2.70. The van der Waals surface area contributed by atoms with E-state index in [9.17, 15) is 19.7 Å². The van der Waals surface area contributed by atoms with Gasteiger partial charge in [-0.1, -0.05) is 12.2 Å². The first-order valence-electron chi connectivity index (χ1n) is 5.20. The molecule has 0 atom stereocenters. The minimum atomic E-state index is -1.24. The van der Waals surface area contributed by atoms with Crippen LogP contribution in [0.5, 0.6) is 0 Å². The van der Waals surface area contributed by atoms with Gasteiger partial charge in [-0.15, -0.1) is 0 Å². The van der Waals surface area contributed by atoms with Gasteiger partial charge in [-0.2, -0.15) is 0 Å². The molecule has 0 aromatic heterocycles. The van der Waals surface area contributed by atoms with Gasteiger partial charge in [-0.25, -0.2) is 4.79 Å². The highest BCUT2D eigenvalue weighted by Crippen LogP contribution is 2.22. The molecule has 1 rings (SSSR count). The summed E-state index contributed by atoms with van der Waals surface area (Å²) in [6.45, 7) is 0. The van der Waals surface area contributed by atoms with Crippen molar-refractivity contribution in [3.8, 4) is 0 Å². The normalized spacial score (nSPS) is 10.4. The fourth-order valence-electron chi connectivity index (χ4n) is 1.34. The summed E-state index contributed by atoms with van der Waals surface area (Å²) in [6.07, 6.45) is 2.77. The van der Waals surface area contributed by atoms with Gasteiger partial charge in [0.05, 0.1) is 29.6 Å². The van der Waals surface area contributed by atoms with Crippen molar-refractivity contribution in [1.82, 2.24) is 0 Å². The Labute approximate surface area is 108 Å². The lowest BCUT2D eigenvalue weighted by Gasteiger charge is -1.99. The average Bonchev–Trinajstić information content (AvgIpc) is 2.38. The number of hydrogen-bond donors (Lipinski definition) is 1. The van der Waals surface area contributed by atoms with Crippen molar-refractivity contribution in [3.05, 3.63) is 45.5 Å². The van der Waals surface area contributed by atoms with Crippen LogP contribution in [0.4, 0.5) is 5.69 Å². The van der Waals surface area contributed by atoms with Gasteiger partial charge in [0, 0.05) is 6.07 Å². The van der Waals surface area contributed by atoms with Crippen LogP contribution in [0, 0.1) is 10.1 Å². The Morgan fingerprint density at radius 2 is 2.16 bits per heavy atom. The highest BCUT2D eigenvalue weighted by Gasteiger charge is 2.15. The number of nitro benzene ring substituents is 1. The predicted octanol–water partition coefficient (Wildman–Crippen LogP) is 1.87. The topological polar surface area (TPSA) is 107 Å². The lowest BCUT2D eigenvalue weighted by atomic mass is 10.1. The third-order valence-electron chi connectivity index (χ3n) is 2.28. The second-order valence-corrected chi connectivity index (χ2v) is 3.52. The van der Waals surface area contributed by atoms with Gasteiger partial charge >= 0.3 is 11.9 Å². The number of carbonyl (C=O) groups is 2. The van der Waals surface area contributed by atoms with Gasteiger partial charge in [-0.3, -0.25) is 14.9 Å². The second-order valence-electron chi connectivity index (χ2n) is 3.52. The van der Waals surface area contributed by atoms with Gasteiger partial charge in [0.1, 0.15) is 0 Å². The van der Waals surface area contributed by atoms with Crippen molar-refractivity contribution < 1.29 is 24.4 Å². The van der Waals surface area contributed by atoms with Crippen molar-refractivity contribution in [1.29, 1.82) is 0 Å². The van der Waals surface area contributed by atoms with Crippen LogP contribution in [0.1, 0.15) is 22.3 Å². The first-order chi connectivity index (χ1) is 8.95. The molecule has 0 fully saturated rings. The Kier molecular flexibility index (Phi) is 4.76. The fourth-order valence-corrected chi connectivity index (χ4v) is 1.34. The summed E-state index contributed by atoms with van der Waals surface area (Å²) in [6, 6.07) is 3.54. The molecule has 0 heterocycles. The molecular weight excluding hydrogens is 254 g/mol. The monoisotopic (exact) mass is 265 g/mol. The molecule has 0 aliphatic carbocycles. The summed E-state index contributed by atoms with van der Waals surface area (Å²) < 4.78 is 4.41. The number of carboxylic acid groups (broad SMARTS) is 1. The van der Waals surface area contributed by atoms with Gasteiger partial charge < -0.3 is 9.84 Å². The van der Waals surface area contributed by atoms with Crippen molar-refractivity contribution in [3.63, 3.8) is 0 Å². The number of esters is 1. The summed E-state index contributed by atoms with van der Waals surface area (Å²) in [5.74, 6) is -1.71.